The minimum absolute atomic E-state index is 0.142. The van der Waals surface area contributed by atoms with Gasteiger partial charge in [0.05, 0.1) is 5.69 Å². The Morgan fingerprint density at radius 1 is 1.10 bits per heavy atom. The molecule has 29 heavy (non-hydrogen) atoms. The van der Waals surface area contributed by atoms with E-state index in [9.17, 15) is 9.59 Å². The first kappa shape index (κ1) is 19.9. The van der Waals surface area contributed by atoms with Gasteiger partial charge in [-0.2, -0.15) is 0 Å². The number of hydrogen-bond donors (Lipinski definition) is 1. The van der Waals surface area contributed by atoms with Crippen molar-refractivity contribution in [1.82, 2.24) is 10.3 Å². The van der Waals surface area contributed by atoms with E-state index in [0.717, 1.165) is 34.6 Å². The summed E-state index contributed by atoms with van der Waals surface area (Å²) in [6.45, 7) is 2.93. The number of hydrogen-bond acceptors (Lipinski definition) is 4. The maximum absolute atomic E-state index is 12.8. The van der Waals surface area contributed by atoms with Gasteiger partial charge < -0.3 is 15.1 Å². The van der Waals surface area contributed by atoms with Crippen molar-refractivity contribution in [3.63, 3.8) is 0 Å². The van der Waals surface area contributed by atoms with Crippen molar-refractivity contribution in [2.45, 2.75) is 32.2 Å². The van der Waals surface area contributed by atoms with Crippen LogP contribution in [0.4, 0.5) is 11.5 Å². The second-order valence-electron chi connectivity index (χ2n) is 7.53. The topological polar surface area (TPSA) is 65.5 Å². The number of nitrogens with one attached hydrogen (secondary N) is 1. The number of para-hydroxylation sites is 1. The SMILES string of the molecule is O=C(NCc1cccnc1N1CCCCC1)C1CCN(c2ccccc2Br)C1=O. The van der Waals surface area contributed by atoms with E-state index in [1.807, 2.05) is 36.4 Å². The molecule has 1 aromatic heterocycles. The molecule has 6 nitrogen and oxygen atoms in total. The summed E-state index contributed by atoms with van der Waals surface area (Å²) in [5.41, 5.74) is 1.81. The molecule has 1 atom stereocenters. The molecule has 2 aromatic rings. The van der Waals surface area contributed by atoms with E-state index in [-0.39, 0.29) is 11.8 Å². The first-order valence-electron chi connectivity index (χ1n) is 10.2. The van der Waals surface area contributed by atoms with Gasteiger partial charge in [-0.1, -0.05) is 18.2 Å². The van der Waals surface area contributed by atoms with Gasteiger partial charge in [0.25, 0.3) is 0 Å². The van der Waals surface area contributed by atoms with Crippen molar-refractivity contribution in [1.29, 1.82) is 0 Å². The van der Waals surface area contributed by atoms with Crippen molar-refractivity contribution in [3.05, 3.63) is 52.6 Å². The standard InChI is InChI=1S/C22H25BrN4O2/c23-18-8-2-3-9-19(18)27-14-10-17(22(27)29)21(28)25-15-16-7-6-11-24-20(16)26-12-4-1-5-13-26/h2-3,6-9,11,17H,1,4-5,10,12-15H2,(H,25,28). The Hall–Kier alpha value is -2.41. The van der Waals surface area contributed by atoms with Crippen molar-refractivity contribution in [3.8, 4) is 0 Å². The molecule has 2 amide bonds. The lowest BCUT2D eigenvalue weighted by Crippen LogP contribution is -2.37. The van der Waals surface area contributed by atoms with Gasteiger partial charge in [-0.25, -0.2) is 4.98 Å². The lowest BCUT2D eigenvalue weighted by Gasteiger charge is -2.29. The van der Waals surface area contributed by atoms with Crippen LogP contribution in [0.25, 0.3) is 0 Å². The number of carbonyl (C=O) groups excluding carboxylic acids is 2. The summed E-state index contributed by atoms with van der Waals surface area (Å²) in [5.74, 6) is -0.0489. The number of benzene rings is 1. The van der Waals surface area contributed by atoms with Gasteiger partial charge in [0.2, 0.25) is 11.8 Å². The van der Waals surface area contributed by atoms with Crippen LogP contribution >= 0.6 is 15.9 Å². The second kappa shape index (κ2) is 8.95. The first-order chi connectivity index (χ1) is 14.1. The minimum atomic E-state index is -0.641. The predicted molar refractivity (Wildman–Crippen MR) is 117 cm³/mol. The number of carbonyl (C=O) groups is 2. The molecule has 152 valence electrons. The lowest BCUT2D eigenvalue weighted by atomic mass is 10.1. The summed E-state index contributed by atoms with van der Waals surface area (Å²) in [6, 6.07) is 11.5. The molecule has 7 heteroatoms. The van der Waals surface area contributed by atoms with Crippen molar-refractivity contribution < 1.29 is 9.59 Å². The summed E-state index contributed by atoms with van der Waals surface area (Å²) < 4.78 is 0.857. The second-order valence-corrected chi connectivity index (χ2v) is 8.39. The minimum Gasteiger partial charge on any atom is -0.356 e. The number of pyridine rings is 1. The highest BCUT2D eigenvalue weighted by atomic mass is 79.9. The molecule has 2 fully saturated rings. The number of anilines is 2. The zero-order chi connectivity index (χ0) is 20.2. The molecule has 1 aromatic carbocycles. The normalized spacial score (nSPS) is 19.5. The highest BCUT2D eigenvalue weighted by Gasteiger charge is 2.38. The number of piperidine rings is 1. The molecule has 0 spiro atoms. The van der Waals surface area contributed by atoms with Crippen LogP contribution in [-0.4, -0.2) is 36.4 Å². The van der Waals surface area contributed by atoms with Crippen LogP contribution in [0.3, 0.4) is 0 Å². The Kier molecular flexibility index (Phi) is 6.13. The van der Waals surface area contributed by atoms with E-state index in [4.69, 9.17) is 0 Å². The van der Waals surface area contributed by atoms with Crippen LogP contribution in [0.5, 0.6) is 0 Å². The molecule has 2 saturated heterocycles. The summed E-state index contributed by atoms with van der Waals surface area (Å²) >= 11 is 3.49. The van der Waals surface area contributed by atoms with Crippen LogP contribution in [-0.2, 0) is 16.1 Å². The van der Waals surface area contributed by atoms with Crippen molar-refractivity contribution >= 4 is 39.2 Å². The molecule has 1 N–H and O–H groups in total. The van der Waals surface area contributed by atoms with Crippen molar-refractivity contribution in [2.75, 3.05) is 29.4 Å². The number of nitrogens with zero attached hydrogens (tertiary/aromatic N) is 3. The Balaban J connectivity index is 1.41. The fraction of sp³-hybridized carbons (Fsp3) is 0.409. The zero-order valence-corrected chi connectivity index (χ0v) is 17.9. The highest BCUT2D eigenvalue weighted by Crippen LogP contribution is 2.31. The third kappa shape index (κ3) is 4.29. The van der Waals surface area contributed by atoms with Crippen LogP contribution in [0.2, 0.25) is 0 Å². The predicted octanol–water partition coefficient (Wildman–Crippen LogP) is 3.50. The highest BCUT2D eigenvalue weighted by molar-refractivity contribution is 9.10. The van der Waals surface area contributed by atoms with Gasteiger partial charge >= 0.3 is 0 Å². The summed E-state index contributed by atoms with van der Waals surface area (Å²) in [7, 11) is 0. The molecule has 2 aliphatic rings. The van der Waals surface area contributed by atoms with Crippen molar-refractivity contribution in [2.24, 2.45) is 5.92 Å². The summed E-state index contributed by atoms with van der Waals surface area (Å²) in [5, 5.41) is 2.97. The van der Waals surface area contributed by atoms with Gasteiger partial charge in [-0.05, 0) is 59.8 Å². The number of halogens is 1. The molecule has 0 bridgehead atoms. The molecular formula is C22H25BrN4O2. The van der Waals surface area contributed by atoms with E-state index >= 15 is 0 Å². The van der Waals surface area contributed by atoms with E-state index in [1.165, 1.54) is 19.3 Å². The molecule has 0 saturated carbocycles. The average molecular weight is 457 g/mol. The van der Waals surface area contributed by atoms with Crippen LogP contribution < -0.4 is 15.1 Å². The molecule has 4 rings (SSSR count). The van der Waals surface area contributed by atoms with Gasteiger partial charge in [0.15, 0.2) is 0 Å². The fourth-order valence-corrected chi connectivity index (χ4v) is 4.60. The molecule has 1 unspecified atom stereocenters. The third-order valence-corrected chi connectivity index (χ3v) is 6.31. The van der Waals surface area contributed by atoms with Crippen LogP contribution in [0, 0.1) is 5.92 Å². The summed E-state index contributed by atoms with van der Waals surface area (Å²) in [6.07, 6.45) is 5.92. The van der Waals surface area contributed by atoms with Gasteiger partial charge in [-0.15, -0.1) is 0 Å². The average Bonchev–Trinajstić information content (AvgIpc) is 3.14. The van der Waals surface area contributed by atoms with Crippen LogP contribution in [0.1, 0.15) is 31.2 Å². The largest absolute Gasteiger partial charge is 0.356 e. The Bertz CT molecular complexity index is 898. The maximum atomic E-state index is 12.8. The number of amides is 2. The monoisotopic (exact) mass is 456 g/mol. The van der Waals surface area contributed by atoms with E-state index in [2.05, 4.69) is 31.1 Å². The quantitative estimate of drug-likeness (QED) is 0.699. The van der Waals surface area contributed by atoms with E-state index in [1.54, 1.807) is 11.1 Å². The fourth-order valence-electron chi connectivity index (χ4n) is 4.10. The molecule has 0 radical (unpaired) electrons. The smallest absolute Gasteiger partial charge is 0.239 e. The number of aromatic nitrogens is 1. The van der Waals surface area contributed by atoms with E-state index in [0.29, 0.717) is 19.5 Å². The maximum Gasteiger partial charge on any atom is 0.239 e. The molecule has 2 aliphatic heterocycles. The number of rotatable bonds is 5. The lowest BCUT2D eigenvalue weighted by molar-refractivity contribution is -0.132. The van der Waals surface area contributed by atoms with Gasteiger partial charge in [0.1, 0.15) is 11.7 Å². The van der Waals surface area contributed by atoms with E-state index < -0.39 is 5.92 Å². The Labute approximate surface area is 179 Å². The van der Waals surface area contributed by atoms with Gasteiger partial charge in [-0.3, -0.25) is 9.59 Å². The molecule has 0 aliphatic carbocycles. The molecule has 3 heterocycles. The van der Waals surface area contributed by atoms with Crippen LogP contribution in [0.15, 0.2) is 47.1 Å². The Morgan fingerprint density at radius 2 is 1.90 bits per heavy atom. The molecular weight excluding hydrogens is 432 g/mol. The third-order valence-electron chi connectivity index (χ3n) is 5.64. The first-order valence-corrected chi connectivity index (χ1v) is 11.0. The summed E-state index contributed by atoms with van der Waals surface area (Å²) in [4.78, 5) is 34.2. The zero-order valence-electron chi connectivity index (χ0n) is 16.3. The van der Waals surface area contributed by atoms with Gasteiger partial charge in [0, 0.05) is 42.4 Å². The Morgan fingerprint density at radius 3 is 2.69 bits per heavy atom.